The van der Waals surface area contributed by atoms with Gasteiger partial charge in [-0.1, -0.05) is 48.5 Å². The molecule has 0 aliphatic rings. The topological polar surface area (TPSA) is 29.5 Å². The Morgan fingerprint density at radius 3 is 2.30 bits per heavy atom. The molecule has 0 bridgehead atoms. The van der Waals surface area contributed by atoms with Gasteiger partial charge in [0.05, 0.1) is 6.10 Å². The molecule has 0 heterocycles. The van der Waals surface area contributed by atoms with Crippen LogP contribution in [0.25, 0.3) is 10.8 Å². The first-order valence-electron chi connectivity index (χ1n) is 6.68. The fraction of sp³-hybridized carbons (Fsp3) is 0.111. The van der Waals surface area contributed by atoms with Crippen molar-refractivity contribution in [1.82, 2.24) is 0 Å². The molecule has 1 atom stereocenters. The molecule has 3 aromatic carbocycles. The maximum atomic E-state index is 9.50. The van der Waals surface area contributed by atoms with Gasteiger partial charge in [0.25, 0.3) is 0 Å². The summed E-state index contributed by atoms with van der Waals surface area (Å²) >= 11 is 0. The second-order valence-electron chi connectivity index (χ2n) is 4.82. The zero-order chi connectivity index (χ0) is 13.9. The van der Waals surface area contributed by atoms with Gasteiger partial charge < -0.3 is 9.84 Å². The van der Waals surface area contributed by atoms with E-state index in [-0.39, 0.29) is 0 Å². The first-order valence-corrected chi connectivity index (χ1v) is 6.68. The van der Waals surface area contributed by atoms with Crippen molar-refractivity contribution in [3.8, 4) is 11.5 Å². The molecule has 0 fully saturated rings. The maximum Gasteiger partial charge on any atom is 0.135 e. The van der Waals surface area contributed by atoms with Gasteiger partial charge in [0.1, 0.15) is 11.5 Å². The lowest BCUT2D eigenvalue weighted by atomic mass is 10.1. The van der Waals surface area contributed by atoms with Gasteiger partial charge in [-0.25, -0.2) is 0 Å². The monoisotopic (exact) mass is 264 g/mol. The largest absolute Gasteiger partial charge is 0.457 e. The van der Waals surface area contributed by atoms with Gasteiger partial charge >= 0.3 is 0 Å². The third kappa shape index (κ3) is 2.51. The Kier molecular flexibility index (Phi) is 3.40. The predicted octanol–water partition coefficient (Wildman–Crippen LogP) is 4.69. The molecule has 0 aliphatic heterocycles. The van der Waals surface area contributed by atoms with Crippen molar-refractivity contribution in [2.24, 2.45) is 0 Å². The van der Waals surface area contributed by atoms with Crippen LogP contribution in [-0.2, 0) is 0 Å². The third-order valence-corrected chi connectivity index (χ3v) is 3.34. The van der Waals surface area contributed by atoms with Crippen molar-refractivity contribution in [3.05, 3.63) is 72.3 Å². The fourth-order valence-corrected chi connectivity index (χ4v) is 2.23. The van der Waals surface area contributed by atoms with Crippen molar-refractivity contribution in [2.45, 2.75) is 13.0 Å². The van der Waals surface area contributed by atoms with Crippen LogP contribution in [0.3, 0.4) is 0 Å². The first kappa shape index (κ1) is 12.7. The molecule has 0 aromatic heterocycles. The van der Waals surface area contributed by atoms with Crippen molar-refractivity contribution in [2.75, 3.05) is 0 Å². The average Bonchev–Trinajstić information content (AvgIpc) is 2.48. The molecule has 0 saturated heterocycles. The van der Waals surface area contributed by atoms with Crippen molar-refractivity contribution >= 4 is 10.8 Å². The highest BCUT2D eigenvalue weighted by atomic mass is 16.5. The smallest absolute Gasteiger partial charge is 0.135 e. The molecule has 20 heavy (non-hydrogen) atoms. The molecular formula is C18H16O2. The summed E-state index contributed by atoms with van der Waals surface area (Å²) in [5, 5.41) is 11.8. The number of hydrogen-bond donors (Lipinski definition) is 1. The summed E-state index contributed by atoms with van der Waals surface area (Å²) in [5.41, 5.74) is 0.885. The standard InChI is InChI=1S/C18H16O2/c1-13(19)14-9-11-16(12-10-14)20-18-8-4-6-15-5-2-3-7-17(15)18/h2-13,19H,1H3/t13-/m0/s1. The minimum atomic E-state index is -0.457. The second-order valence-corrected chi connectivity index (χ2v) is 4.82. The zero-order valence-electron chi connectivity index (χ0n) is 11.3. The van der Waals surface area contributed by atoms with Crippen LogP contribution in [0.15, 0.2) is 66.7 Å². The summed E-state index contributed by atoms with van der Waals surface area (Å²) in [7, 11) is 0. The molecule has 3 aromatic rings. The third-order valence-electron chi connectivity index (χ3n) is 3.34. The van der Waals surface area contributed by atoms with Crippen LogP contribution in [0.1, 0.15) is 18.6 Å². The van der Waals surface area contributed by atoms with Crippen molar-refractivity contribution < 1.29 is 9.84 Å². The van der Waals surface area contributed by atoms with Crippen LogP contribution in [0.2, 0.25) is 0 Å². The molecule has 0 radical (unpaired) electrons. The van der Waals surface area contributed by atoms with Crippen molar-refractivity contribution in [3.63, 3.8) is 0 Å². The van der Waals surface area contributed by atoms with E-state index in [0.29, 0.717) is 0 Å². The highest BCUT2D eigenvalue weighted by Gasteiger charge is 2.04. The van der Waals surface area contributed by atoms with E-state index in [4.69, 9.17) is 4.74 Å². The SMILES string of the molecule is C[C@H](O)c1ccc(Oc2cccc3ccccc23)cc1. The number of hydrogen-bond acceptors (Lipinski definition) is 2. The van der Waals surface area contributed by atoms with Gasteiger partial charge in [-0.05, 0) is 36.1 Å². The molecule has 0 amide bonds. The van der Waals surface area contributed by atoms with E-state index in [0.717, 1.165) is 27.8 Å². The number of benzene rings is 3. The molecule has 3 rings (SSSR count). The Bertz CT molecular complexity index is 710. The zero-order valence-corrected chi connectivity index (χ0v) is 11.3. The molecule has 0 unspecified atom stereocenters. The van der Waals surface area contributed by atoms with Gasteiger partial charge in [-0.15, -0.1) is 0 Å². The quantitative estimate of drug-likeness (QED) is 0.744. The van der Waals surface area contributed by atoms with Gasteiger partial charge in [-0.2, -0.15) is 0 Å². The lowest BCUT2D eigenvalue weighted by molar-refractivity contribution is 0.199. The molecule has 2 nitrogen and oxygen atoms in total. The Hall–Kier alpha value is -2.32. The summed E-state index contributed by atoms with van der Waals surface area (Å²) in [6.07, 6.45) is -0.457. The summed E-state index contributed by atoms with van der Waals surface area (Å²) in [5.74, 6) is 1.61. The number of aliphatic hydroxyl groups is 1. The Labute approximate surface area is 118 Å². The highest BCUT2D eigenvalue weighted by Crippen LogP contribution is 2.30. The Balaban J connectivity index is 1.93. The molecule has 1 N–H and O–H groups in total. The maximum absolute atomic E-state index is 9.50. The Morgan fingerprint density at radius 1 is 0.850 bits per heavy atom. The second kappa shape index (κ2) is 5.35. The lowest BCUT2D eigenvalue weighted by Gasteiger charge is -2.10. The number of ether oxygens (including phenoxy) is 1. The van der Waals surface area contributed by atoms with E-state index < -0.39 is 6.10 Å². The van der Waals surface area contributed by atoms with Crippen LogP contribution in [0, 0.1) is 0 Å². The normalized spacial score (nSPS) is 12.3. The first-order chi connectivity index (χ1) is 9.74. The lowest BCUT2D eigenvalue weighted by Crippen LogP contribution is -1.91. The fourth-order valence-electron chi connectivity index (χ4n) is 2.23. The van der Waals surface area contributed by atoms with E-state index in [1.54, 1.807) is 6.92 Å². The Morgan fingerprint density at radius 2 is 1.55 bits per heavy atom. The van der Waals surface area contributed by atoms with E-state index in [1.807, 2.05) is 48.5 Å². The summed E-state index contributed by atoms with van der Waals surface area (Å²) in [6, 6.07) is 21.7. The van der Waals surface area contributed by atoms with Crippen LogP contribution in [0.5, 0.6) is 11.5 Å². The van der Waals surface area contributed by atoms with Gasteiger partial charge in [-0.3, -0.25) is 0 Å². The molecule has 0 aliphatic carbocycles. The van der Waals surface area contributed by atoms with E-state index in [9.17, 15) is 5.11 Å². The van der Waals surface area contributed by atoms with Crippen LogP contribution in [0.4, 0.5) is 0 Å². The summed E-state index contributed by atoms with van der Waals surface area (Å²) in [6.45, 7) is 1.75. The summed E-state index contributed by atoms with van der Waals surface area (Å²) < 4.78 is 5.94. The van der Waals surface area contributed by atoms with Crippen LogP contribution < -0.4 is 4.74 Å². The number of fused-ring (bicyclic) bond motifs is 1. The van der Waals surface area contributed by atoms with E-state index in [2.05, 4.69) is 18.2 Å². The number of rotatable bonds is 3. The number of aliphatic hydroxyl groups excluding tert-OH is 1. The van der Waals surface area contributed by atoms with E-state index >= 15 is 0 Å². The molecule has 2 heteroatoms. The van der Waals surface area contributed by atoms with Gasteiger partial charge in [0, 0.05) is 5.39 Å². The molecular weight excluding hydrogens is 248 g/mol. The van der Waals surface area contributed by atoms with Gasteiger partial charge in [0.15, 0.2) is 0 Å². The van der Waals surface area contributed by atoms with Gasteiger partial charge in [0.2, 0.25) is 0 Å². The predicted molar refractivity (Wildman–Crippen MR) is 81.1 cm³/mol. The molecule has 0 saturated carbocycles. The molecule has 100 valence electrons. The minimum Gasteiger partial charge on any atom is -0.457 e. The minimum absolute atomic E-state index is 0.457. The highest BCUT2D eigenvalue weighted by molar-refractivity contribution is 5.88. The van der Waals surface area contributed by atoms with Crippen LogP contribution in [-0.4, -0.2) is 5.11 Å². The summed E-state index contributed by atoms with van der Waals surface area (Å²) in [4.78, 5) is 0. The van der Waals surface area contributed by atoms with Crippen molar-refractivity contribution in [1.29, 1.82) is 0 Å². The van der Waals surface area contributed by atoms with Crippen LogP contribution >= 0.6 is 0 Å². The average molecular weight is 264 g/mol. The van der Waals surface area contributed by atoms with E-state index in [1.165, 1.54) is 0 Å². The molecule has 0 spiro atoms.